The molecule has 28 heavy (non-hydrogen) atoms. The van der Waals surface area contributed by atoms with Crippen molar-refractivity contribution in [3.63, 3.8) is 0 Å². The highest BCUT2D eigenvalue weighted by molar-refractivity contribution is 7.89. The third kappa shape index (κ3) is 6.38. The van der Waals surface area contributed by atoms with Crippen LogP contribution in [0.2, 0.25) is 10.0 Å². The van der Waals surface area contributed by atoms with Gasteiger partial charge in [0.2, 0.25) is 10.0 Å². The molecular weight excluding hydrogens is 427 g/mol. The van der Waals surface area contributed by atoms with Crippen molar-refractivity contribution in [3.8, 4) is 12.3 Å². The third-order valence-electron chi connectivity index (χ3n) is 4.09. The molecule has 10 heteroatoms. The zero-order valence-electron chi connectivity index (χ0n) is 15.7. The maximum Gasteiger partial charge on any atom is 0.324 e. The summed E-state index contributed by atoms with van der Waals surface area (Å²) in [6.07, 6.45) is 6.49. The van der Waals surface area contributed by atoms with Crippen LogP contribution in [-0.2, 0) is 24.3 Å². The van der Waals surface area contributed by atoms with Crippen molar-refractivity contribution in [3.05, 3.63) is 28.2 Å². The standard InChI is InChI=1S/C18H22Cl2N2O5S/c1-5-18(6-2,7-3)21-16(23)11-27-17(24)12(4)22-28(25,26)13-8-9-14(19)15(20)10-13/h1,8-10,12,22H,6-7,11H2,2-4H3,(H,21,23)/t12-/m0/s1. The molecule has 154 valence electrons. The van der Waals surface area contributed by atoms with E-state index in [1.165, 1.54) is 19.1 Å². The van der Waals surface area contributed by atoms with Crippen molar-refractivity contribution >= 4 is 45.1 Å². The van der Waals surface area contributed by atoms with E-state index in [1.54, 1.807) is 0 Å². The maximum absolute atomic E-state index is 12.3. The van der Waals surface area contributed by atoms with Crippen LogP contribution in [0.15, 0.2) is 23.1 Å². The van der Waals surface area contributed by atoms with Gasteiger partial charge in [-0.05, 0) is 38.0 Å². The van der Waals surface area contributed by atoms with Gasteiger partial charge in [0, 0.05) is 0 Å². The monoisotopic (exact) mass is 448 g/mol. The Morgan fingerprint density at radius 1 is 1.25 bits per heavy atom. The summed E-state index contributed by atoms with van der Waals surface area (Å²) in [4.78, 5) is 23.9. The minimum Gasteiger partial charge on any atom is -0.454 e. The number of carbonyl (C=O) groups is 2. The van der Waals surface area contributed by atoms with E-state index in [-0.39, 0.29) is 14.9 Å². The molecule has 1 rings (SSSR count). The van der Waals surface area contributed by atoms with Crippen LogP contribution < -0.4 is 10.0 Å². The normalized spacial score (nSPS) is 12.7. The predicted octanol–water partition coefficient (Wildman–Crippen LogP) is 2.51. The van der Waals surface area contributed by atoms with Crippen LogP contribution in [0.4, 0.5) is 0 Å². The van der Waals surface area contributed by atoms with Gasteiger partial charge in [0.25, 0.3) is 5.91 Å². The summed E-state index contributed by atoms with van der Waals surface area (Å²) in [6.45, 7) is 4.37. The number of ether oxygens (including phenoxy) is 1. The quantitative estimate of drug-likeness (QED) is 0.446. The van der Waals surface area contributed by atoms with Gasteiger partial charge in [0.15, 0.2) is 6.61 Å². The van der Waals surface area contributed by atoms with Crippen LogP contribution in [0.1, 0.15) is 33.6 Å². The van der Waals surface area contributed by atoms with Crippen LogP contribution >= 0.6 is 23.2 Å². The van der Waals surface area contributed by atoms with E-state index < -0.39 is 40.1 Å². The summed E-state index contributed by atoms with van der Waals surface area (Å²) in [5.41, 5.74) is -0.815. The number of nitrogens with one attached hydrogen (secondary N) is 2. The highest BCUT2D eigenvalue weighted by atomic mass is 35.5. The van der Waals surface area contributed by atoms with E-state index in [2.05, 4.69) is 16.0 Å². The molecule has 1 amide bonds. The van der Waals surface area contributed by atoms with Crippen molar-refractivity contribution in [2.24, 2.45) is 0 Å². The van der Waals surface area contributed by atoms with E-state index in [0.29, 0.717) is 12.8 Å². The predicted molar refractivity (Wildman–Crippen MR) is 107 cm³/mol. The minimum absolute atomic E-state index is 0.0558. The van der Waals surface area contributed by atoms with E-state index >= 15 is 0 Å². The zero-order chi connectivity index (χ0) is 21.5. The highest BCUT2D eigenvalue weighted by Crippen LogP contribution is 2.24. The second-order valence-electron chi connectivity index (χ2n) is 6.01. The molecule has 0 aliphatic carbocycles. The average molecular weight is 449 g/mol. The molecule has 1 aromatic rings. The molecule has 0 spiro atoms. The third-order valence-corrected chi connectivity index (χ3v) is 6.37. The van der Waals surface area contributed by atoms with Gasteiger partial charge in [0.05, 0.1) is 14.9 Å². The first-order chi connectivity index (χ1) is 13.0. The molecule has 0 aliphatic heterocycles. The second kappa shape index (κ2) is 10.1. The number of hydrogen-bond donors (Lipinski definition) is 2. The summed E-state index contributed by atoms with van der Waals surface area (Å²) < 4.78 is 31.7. The Kier molecular flexibility index (Phi) is 8.76. The Balaban J connectivity index is 2.69. The van der Waals surface area contributed by atoms with Crippen molar-refractivity contribution in [1.29, 1.82) is 0 Å². The Labute approximate surface area is 175 Å². The van der Waals surface area contributed by atoms with Gasteiger partial charge < -0.3 is 10.1 Å². The lowest BCUT2D eigenvalue weighted by atomic mass is 9.94. The Bertz CT molecular complexity index is 876. The van der Waals surface area contributed by atoms with E-state index in [0.717, 1.165) is 6.07 Å². The summed E-state index contributed by atoms with van der Waals surface area (Å²) in [7, 11) is -4.04. The Morgan fingerprint density at radius 3 is 2.36 bits per heavy atom. The molecule has 0 saturated heterocycles. The molecule has 0 fully saturated rings. The van der Waals surface area contributed by atoms with Gasteiger partial charge >= 0.3 is 5.97 Å². The molecule has 0 bridgehead atoms. The van der Waals surface area contributed by atoms with Gasteiger partial charge in [-0.2, -0.15) is 4.72 Å². The van der Waals surface area contributed by atoms with Crippen LogP contribution in [0.25, 0.3) is 0 Å². The molecule has 0 heterocycles. The van der Waals surface area contributed by atoms with Crippen molar-refractivity contribution < 1.29 is 22.7 Å². The van der Waals surface area contributed by atoms with Gasteiger partial charge in [-0.15, -0.1) is 6.42 Å². The first-order valence-electron chi connectivity index (χ1n) is 8.43. The fourth-order valence-electron chi connectivity index (χ4n) is 2.22. The maximum atomic E-state index is 12.3. The number of sulfonamides is 1. The van der Waals surface area contributed by atoms with Gasteiger partial charge in [-0.3, -0.25) is 9.59 Å². The largest absolute Gasteiger partial charge is 0.454 e. The van der Waals surface area contributed by atoms with Crippen LogP contribution in [0, 0.1) is 12.3 Å². The zero-order valence-corrected chi connectivity index (χ0v) is 18.0. The molecule has 1 atom stereocenters. The topological polar surface area (TPSA) is 102 Å². The number of terminal acetylenes is 1. The summed E-state index contributed by atoms with van der Waals surface area (Å²) in [6, 6.07) is 2.50. The highest BCUT2D eigenvalue weighted by Gasteiger charge is 2.27. The van der Waals surface area contributed by atoms with Crippen LogP contribution in [0.5, 0.6) is 0 Å². The molecule has 0 radical (unpaired) electrons. The number of rotatable bonds is 9. The Hall–Kier alpha value is -1.79. The van der Waals surface area contributed by atoms with Crippen molar-refractivity contribution in [1.82, 2.24) is 10.0 Å². The molecule has 2 N–H and O–H groups in total. The van der Waals surface area contributed by atoms with Crippen LogP contribution in [-0.4, -0.2) is 38.5 Å². The van der Waals surface area contributed by atoms with Gasteiger partial charge in [-0.25, -0.2) is 8.42 Å². The SMILES string of the molecule is C#CC(CC)(CC)NC(=O)COC(=O)[C@H](C)NS(=O)(=O)c1ccc(Cl)c(Cl)c1. The number of amides is 1. The van der Waals surface area contributed by atoms with E-state index in [1.807, 2.05) is 13.8 Å². The summed E-state index contributed by atoms with van der Waals surface area (Å²) in [5, 5.41) is 2.89. The first kappa shape index (κ1) is 24.2. The number of benzene rings is 1. The van der Waals surface area contributed by atoms with Crippen molar-refractivity contribution in [2.75, 3.05) is 6.61 Å². The molecule has 0 unspecified atom stereocenters. The number of hydrogen-bond acceptors (Lipinski definition) is 5. The number of halogens is 2. The van der Waals surface area contributed by atoms with E-state index in [9.17, 15) is 18.0 Å². The number of carbonyl (C=O) groups excluding carboxylic acids is 2. The summed E-state index contributed by atoms with van der Waals surface area (Å²) >= 11 is 11.6. The smallest absolute Gasteiger partial charge is 0.324 e. The molecule has 0 aliphatic rings. The van der Waals surface area contributed by atoms with Crippen LogP contribution in [0.3, 0.4) is 0 Å². The lowest BCUT2D eigenvalue weighted by Crippen LogP contribution is -2.48. The van der Waals surface area contributed by atoms with Crippen molar-refractivity contribution in [2.45, 2.75) is 50.1 Å². The molecule has 1 aromatic carbocycles. The lowest BCUT2D eigenvalue weighted by Gasteiger charge is -2.27. The molecule has 0 aromatic heterocycles. The fraction of sp³-hybridized carbons (Fsp3) is 0.444. The number of esters is 1. The molecular formula is C18H22Cl2N2O5S. The average Bonchev–Trinajstić information content (AvgIpc) is 2.65. The molecule has 0 saturated carbocycles. The Morgan fingerprint density at radius 2 is 1.86 bits per heavy atom. The first-order valence-corrected chi connectivity index (χ1v) is 10.7. The summed E-state index contributed by atoms with van der Waals surface area (Å²) in [5.74, 6) is 1.04. The van der Waals surface area contributed by atoms with E-state index in [4.69, 9.17) is 34.4 Å². The minimum atomic E-state index is -4.04. The fourth-order valence-corrected chi connectivity index (χ4v) is 3.81. The molecule has 7 nitrogen and oxygen atoms in total. The second-order valence-corrected chi connectivity index (χ2v) is 8.54. The van der Waals surface area contributed by atoms with Gasteiger partial charge in [0.1, 0.15) is 11.6 Å². The lowest BCUT2D eigenvalue weighted by molar-refractivity contribution is -0.150. The van der Waals surface area contributed by atoms with Gasteiger partial charge in [-0.1, -0.05) is 43.0 Å².